The average Bonchev–Trinajstić information content (AvgIpc) is 2.43. The van der Waals surface area contributed by atoms with Gasteiger partial charge in [-0.2, -0.15) is 4.98 Å². The van der Waals surface area contributed by atoms with Crippen molar-refractivity contribution in [2.45, 2.75) is 6.92 Å². The standard InChI is InChI=1S/C13H15FN4O/c1-3-18(10-6-4-9(14)5-7-10)12-11(15)13(19-2)17-8-16-12/h4-8H,3,15H2,1-2H3. The zero-order valence-corrected chi connectivity index (χ0v) is 10.8. The van der Waals surface area contributed by atoms with Crippen molar-refractivity contribution in [3.8, 4) is 5.88 Å². The van der Waals surface area contributed by atoms with Gasteiger partial charge in [-0.25, -0.2) is 9.37 Å². The van der Waals surface area contributed by atoms with Gasteiger partial charge in [0, 0.05) is 12.2 Å². The van der Waals surface area contributed by atoms with Gasteiger partial charge in [0.25, 0.3) is 0 Å². The second-order valence-corrected chi connectivity index (χ2v) is 3.84. The number of halogens is 1. The molecule has 2 rings (SSSR count). The lowest BCUT2D eigenvalue weighted by molar-refractivity contribution is 0.399. The topological polar surface area (TPSA) is 64.3 Å². The molecule has 100 valence electrons. The van der Waals surface area contributed by atoms with Gasteiger partial charge in [0.1, 0.15) is 17.8 Å². The molecule has 0 aliphatic carbocycles. The summed E-state index contributed by atoms with van der Waals surface area (Å²) in [6, 6.07) is 6.14. The first-order valence-electron chi connectivity index (χ1n) is 5.85. The summed E-state index contributed by atoms with van der Waals surface area (Å²) in [6.07, 6.45) is 1.39. The maximum Gasteiger partial charge on any atom is 0.242 e. The maximum absolute atomic E-state index is 13.0. The number of anilines is 3. The summed E-state index contributed by atoms with van der Waals surface area (Å²) >= 11 is 0. The molecule has 0 aliphatic heterocycles. The van der Waals surface area contributed by atoms with Crippen LogP contribution >= 0.6 is 0 Å². The lowest BCUT2D eigenvalue weighted by Gasteiger charge is -2.23. The molecule has 19 heavy (non-hydrogen) atoms. The van der Waals surface area contributed by atoms with E-state index in [0.29, 0.717) is 23.9 Å². The van der Waals surface area contributed by atoms with Crippen LogP contribution in [-0.4, -0.2) is 23.6 Å². The predicted octanol–water partition coefficient (Wildman–Crippen LogP) is 2.36. The number of rotatable bonds is 4. The van der Waals surface area contributed by atoms with Gasteiger partial charge in [-0.3, -0.25) is 0 Å². The quantitative estimate of drug-likeness (QED) is 0.916. The van der Waals surface area contributed by atoms with Crippen LogP contribution < -0.4 is 15.4 Å². The SMILES string of the molecule is CCN(c1ccc(F)cc1)c1ncnc(OC)c1N. The van der Waals surface area contributed by atoms with Crippen molar-refractivity contribution >= 4 is 17.2 Å². The van der Waals surface area contributed by atoms with E-state index < -0.39 is 0 Å². The van der Waals surface area contributed by atoms with E-state index in [2.05, 4.69) is 9.97 Å². The molecule has 0 bridgehead atoms. The van der Waals surface area contributed by atoms with Crippen LogP contribution in [0.3, 0.4) is 0 Å². The fourth-order valence-corrected chi connectivity index (χ4v) is 1.82. The number of benzene rings is 1. The van der Waals surface area contributed by atoms with Gasteiger partial charge >= 0.3 is 0 Å². The van der Waals surface area contributed by atoms with Crippen molar-refractivity contribution in [3.05, 3.63) is 36.4 Å². The Morgan fingerprint density at radius 1 is 1.26 bits per heavy atom. The molecule has 0 fully saturated rings. The Balaban J connectivity index is 2.45. The van der Waals surface area contributed by atoms with Gasteiger partial charge in [0.15, 0.2) is 5.82 Å². The number of ether oxygens (including phenoxy) is 1. The van der Waals surface area contributed by atoms with Crippen LogP contribution in [0.1, 0.15) is 6.92 Å². The van der Waals surface area contributed by atoms with Gasteiger partial charge in [-0.1, -0.05) is 0 Å². The minimum absolute atomic E-state index is 0.284. The molecule has 0 amide bonds. The van der Waals surface area contributed by atoms with E-state index in [9.17, 15) is 4.39 Å². The van der Waals surface area contributed by atoms with Crippen molar-refractivity contribution in [1.82, 2.24) is 9.97 Å². The molecule has 0 radical (unpaired) electrons. The number of methoxy groups -OCH3 is 1. The second-order valence-electron chi connectivity index (χ2n) is 3.84. The molecule has 0 unspecified atom stereocenters. The van der Waals surface area contributed by atoms with Gasteiger partial charge < -0.3 is 15.4 Å². The first-order valence-corrected chi connectivity index (χ1v) is 5.85. The fraction of sp³-hybridized carbons (Fsp3) is 0.231. The monoisotopic (exact) mass is 262 g/mol. The van der Waals surface area contributed by atoms with E-state index in [1.165, 1.54) is 25.6 Å². The Kier molecular flexibility index (Phi) is 3.79. The number of nitrogens with zero attached hydrogens (tertiary/aromatic N) is 3. The van der Waals surface area contributed by atoms with Crippen LogP contribution in [0.15, 0.2) is 30.6 Å². The van der Waals surface area contributed by atoms with Crippen LogP contribution in [0.4, 0.5) is 21.6 Å². The molecule has 0 atom stereocenters. The Hall–Kier alpha value is -2.37. The third-order valence-corrected chi connectivity index (χ3v) is 2.73. The second kappa shape index (κ2) is 5.51. The van der Waals surface area contributed by atoms with Crippen molar-refractivity contribution < 1.29 is 9.13 Å². The first-order chi connectivity index (χ1) is 9.17. The predicted molar refractivity (Wildman–Crippen MR) is 72.1 cm³/mol. The molecule has 0 spiro atoms. The third-order valence-electron chi connectivity index (χ3n) is 2.73. The fourth-order valence-electron chi connectivity index (χ4n) is 1.82. The van der Waals surface area contributed by atoms with Crippen molar-refractivity contribution in [1.29, 1.82) is 0 Å². The first kappa shape index (κ1) is 13.1. The van der Waals surface area contributed by atoms with Crippen molar-refractivity contribution in [2.24, 2.45) is 0 Å². The highest BCUT2D eigenvalue weighted by Gasteiger charge is 2.15. The van der Waals surface area contributed by atoms with Crippen LogP contribution in [-0.2, 0) is 0 Å². The van der Waals surface area contributed by atoms with Crippen molar-refractivity contribution in [2.75, 3.05) is 24.3 Å². The average molecular weight is 262 g/mol. The van der Waals surface area contributed by atoms with Crippen LogP contribution in [0.25, 0.3) is 0 Å². The number of hydrogen-bond acceptors (Lipinski definition) is 5. The van der Waals surface area contributed by atoms with Crippen LogP contribution in [0, 0.1) is 5.82 Å². The Bertz CT molecular complexity index is 559. The molecule has 0 aliphatic rings. The highest BCUT2D eigenvalue weighted by Crippen LogP contribution is 2.32. The molecule has 1 heterocycles. The lowest BCUT2D eigenvalue weighted by Crippen LogP contribution is -2.19. The van der Waals surface area contributed by atoms with E-state index in [0.717, 1.165) is 5.69 Å². The van der Waals surface area contributed by atoms with E-state index >= 15 is 0 Å². The number of nitrogens with two attached hydrogens (primary N) is 1. The Morgan fingerprint density at radius 3 is 2.53 bits per heavy atom. The molecule has 2 aromatic rings. The lowest BCUT2D eigenvalue weighted by atomic mass is 10.2. The maximum atomic E-state index is 13.0. The van der Waals surface area contributed by atoms with Crippen LogP contribution in [0.5, 0.6) is 5.88 Å². The minimum Gasteiger partial charge on any atom is -0.479 e. The van der Waals surface area contributed by atoms with Gasteiger partial charge in [0.05, 0.1) is 7.11 Å². The largest absolute Gasteiger partial charge is 0.479 e. The van der Waals surface area contributed by atoms with Gasteiger partial charge in [0.2, 0.25) is 5.88 Å². The normalized spacial score (nSPS) is 10.3. The molecule has 1 aromatic heterocycles. The van der Waals surface area contributed by atoms with Gasteiger partial charge in [-0.05, 0) is 31.2 Å². The third kappa shape index (κ3) is 2.57. The highest BCUT2D eigenvalue weighted by molar-refractivity contribution is 5.74. The minimum atomic E-state index is -0.284. The highest BCUT2D eigenvalue weighted by atomic mass is 19.1. The van der Waals surface area contributed by atoms with Crippen LogP contribution in [0.2, 0.25) is 0 Å². The van der Waals surface area contributed by atoms with E-state index in [-0.39, 0.29) is 5.82 Å². The van der Waals surface area contributed by atoms with Gasteiger partial charge in [-0.15, -0.1) is 0 Å². The molecule has 0 saturated heterocycles. The Morgan fingerprint density at radius 2 is 1.95 bits per heavy atom. The summed E-state index contributed by atoms with van der Waals surface area (Å²) in [5.41, 5.74) is 7.13. The zero-order chi connectivity index (χ0) is 13.8. The zero-order valence-electron chi connectivity index (χ0n) is 10.8. The molecular weight excluding hydrogens is 247 g/mol. The summed E-state index contributed by atoms with van der Waals surface area (Å²) in [5, 5.41) is 0. The molecular formula is C13H15FN4O. The molecule has 1 aromatic carbocycles. The van der Waals surface area contributed by atoms with Crippen molar-refractivity contribution in [3.63, 3.8) is 0 Å². The summed E-state index contributed by atoms with van der Waals surface area (Å²) in [5.74, 6) is 0.583. The summed E-state index contributed by atoms with van der Waals surface area (Å²) < 4.78 is 18.0. The smallest absolute Gasteiger partial charge is 0.242 e. The molecule has 0 saturated carbocycles. The number of nitrogen functional groups attached to an aromatic ring is 1. The summed E-state index contributed by atoms with van der Waals surface area (Å²) in [7, 11) is 1.50. The molecule has 6 heteroatoms. The number of aromatic nitrogens is 2. The van der Waals surface area contributed by atoms with E-state index in [1.54, 1.807) is 12.1 Å². The molecule has 5 nitrogen and oxygen atoms in total. The summed E-state index contributed by atoms with van der Waals surface area (Å²) in [6.45, 7) is 2.59. The Labute approximate surface area is 110 Å². The molecule has 2 N–H and O–H groups in total. The summed E-state index contributed by atoms with van der Waals surface area (Å²) in [4.78, 5) is 9.97. The number of hydrogen-bond donors (Lipinski definition) is 1. The van der Waals surface area contributed by atoms with E-state index in [1.807, 2.05) is 11.8 Å². The van der Waals surface area contributed by atoms with E-state index in [4.69, 9.17) is 10.5 Å².